The molecule has 0 aliphatic rings. The van der Waals surface area contributed by atoms with Gasteiger partial charge >= 0.3 is 0 Å². The van der Waals surface area contributed by atoms with Gasteiger partial charge in [-0.1, -0.05) is 0 Å². The van der Waals surface area contributed by atoms with Crippen molar-refractivity contribution in [1.29, 1.82) is 0 Å². The lowest BCUT2D eigenvalue weighted by molar-refractivity contribution is 0.298. The second kappa shape index (κ2) is 10.4. The minimum atomic E-state index is -1.08. The van der Waals surface area contributed by atoms with Crippen molar-refractivity contribution in [1.82, 2.24) is 15.2 Å². The molecule has 1 N–H and O–H groups in total. The number of rotatable bonds is 8. The van der Waals surface area contributed by atoms with Gasteiger partial charge in [-0.25, -0.2) is 4.98 Å². The summed E-state index contributed by atoms with van der Waals surface area (Å²) in [6, 6.07) is 14.8. The second-order valence-corrected chi connectivity index (χ2v) is 10.0. The molecule has 0 saturated heterocycles. The van der Waals surface area contributed by atoms with Crippen LogP contribution in [0.25, 0.3) is 22.5 Å². The van der Waals surface area contributed by atoms with Gasteiger partial charge in [0.2, 0.25) is 5.95 Å². The molecule has 0 aliphatic carbocycles. The summed E-state index contributed by atoms with van der Waals surface area (Å²) in [5.74, 6) is 0.428. The van der Waals surface area contributed by atoms with Crippen LogP contribution in [-0.4, -0.2) is 61.1 Å². The maximum atomic E-state index is 11.8. The van der Waals surface area contributed by atoms with E-state index >= 15 is 0 Å². The lowest BCUT2D eigenvalue weighted by atomic mass is 10.0. The Hall–Kier alpha value is -2.17. The largest absolute Gasteiger partial charge is 0.612 e. The van der Waals surface area contributed by atoms with Crippen molar-refractivity contribution < 1.29 is 14.2 Å². The third kappa shape index (κ3) is 5.55. The van der Waals surface area contributed by atoms with Gasteiger partial charge in [-0.3, -0.25) is 0 Å². The molecule has 0 radical (unpaired) electrons. The predicted molar refractivity (Wildman–Crippen MR) is 125 cm³/mol. The van der Waals surface area contributed by atoms with Crippen LogP contribution in [0.15, 0.2) is 58.3 Å². The predicted octanol–water partition coefficient (Wildman–Crippen LogP) is 2.89. The van der Waals surface area contributed by atoms with Gasteiger partial charge in [0.05, 0.1) is 6.61 Å². The van der Waals surface area contributed by atoms with Gasteiger partial charge in [0.25, 0.3) is 0 Å². The molecule has 3 aromatic rings. The maximum absolute atomic E-state index is 11.8. The van der Waals surface area contributed by atoms with E-state index in [0.29, 0.717) is 23.9 Å². The normalized spacial score (nSPS) is 13.3. The average Bonchev–Trinajstić information content (AvgIpc) is 2.77. The van der Waals surface area contributed by atoms with Gasteiger partial charge in [0.15, 0.2) is 9.79 Å². The van der Waals surface area contributed by atoms with Crippen LogP contribution in [0.2, 0.25) is 0 Å². The molecule has 7 nitrogen and oxygen atoms in total. The first-order chi connectivity index (χ1) is 14.8. The van der Waals surface area contributed by atoms with Crippen molar-refractivity contribution in [2.75, 3.05) is 30.6 Å². The summed E-state index contributed by atoms with van der Waals surface area (Å²) in [6.07, 6.45) is 3.27. The third-order valence-corrected chi connectivity index (χ3v) is 6.69. The minimum Gasteiger partial charge on any atom is -0.612 e. The van der Waals surface area contributed by atoms with E-state index in [1.54, 1.807) is 24.6 Å². The van der Waals surface area contributed by atoms with Crippen molar-refractivity contribution in [3.63, 3.8) is 0 Å². The maximum Gasteiger partial charge on any atom is 0.246 e. The molecule has 164 valence electrons. The number of aromatic nitrogens is 3. The van der Waals surface area contributed by atoms with Crippen LogP contribution >= 0.6 is 0 Å². The van der Waals surface area contributed by atoms with Crippen LogP contribution in [0.4, 0.5) is 5.95 Å². The summed E-state index contributed by atoms with van der Waals surface area (Å²) >= 11 is -2.15. The zero-order valence-corrected chi connectivity index (χ0v) is 19.6. The Labute approximate surface area is 188 Å². The number of hydrogen-bond acceptors (Lipinski definition) is 7. The van der Waals surface area contributed by atoms with Gasteiger partial charge in [-0.2, -0.15) is 0 Å². The van der Waals surface area contributed by atoms with E-state index in [9.17, 15) is 14.2 Å². The van der Waals surface area contributed by atoms with Crippen LogP contribution < -0.4 is 4.90 Å². The van der Waals surface area contributed by atoms with E-state index < -0.39 is 22.4 Å². The highest BCUT2D eigenvalue weighted by Crippen LogP contribution is 2.31. The van der Waals surface area contributed by atoms with Crippen molar-refractivity contribution in [2.45, 2.75) is 29.7 Å². The standard InChI is InChI=1S/C22H26N4O3S2/c1-15(2)26(13-14-27)22-23-20(16-5-9-18(10-6-16)30(3)28)21(24-25-22)17-7-11-19(12-8-17)31(4)29/h5-12,15,27H,13-14H2,1-4H3. The Morgan fingerprint density at radius 1 is 0.839 bits per heavy atom. The summed E-state index contributed by atoms with van der Waals surface area (Å²) in [5.41, 5.74) is 2.84. The molecular weight excluding hydrogens is 432 g/mol. The molecule has 1 heterocycles. The number of anilines is 1. The number of benzene rings is 2. The topological polar surface area (TPSA) is 108 Å². The highest BCUT2D eigenvalue weighted by Gasteiger charge is 2.20. The van der Waals surface area contributed by atoms with Crippen LogP contribution in [0.3, 0.4) is 0 Å². The fourth-order valence-electron chi connectivity index (χ4n) is 3.14. The zero-order valence-electron chi connectivity index (χ0n) is 18.0. The van der Waals surface area contributed by atoms with Crippen LogP contribution in [0, 0.1) is 0 Å². The van der Waals surface area contributed by atoms with E-state index in [-0.39, 0.29) is 12.6 Å². The molecule has 2 aromatic carbocycles. The fourth-order valence-corrected chi connectivity index (χ4v) is 4.18. The Morgan fingerprint density at radius 2 is 1.32 bits per heavy atom. The van der Waals surface area contributed by atoms with Gasteiger partial charge in [0, 0.05) is 23.7 Å². The molecule has 3 rings (SSSR count). The third-order valence-electron chi connectivity index (χ3n) is 4.82. The van der Waals surface area contributed by atoms with Crippen LogP contribution in [-0.2, 0) is 22.4 Å². The van der Waals surface area contributed by atoms with Crippen molar-refractivity contribution in [3.8, 4) is 22.5 Å². The number of nitrogens with zero attached hydrogens (tertiary/aromatic N) is 4. The van der Waals surface area contributed by atoms with Crippen LogP contribution in [0.5, 0.6) is 0 Å². The SMILES string of the molecule is CC(C)N(CCO)c1nnc(-c2ccc([S+](C)[O-])cc2)c(-c2ccc([S+](C)[O-])cc2)n1. The molecule has 9 heteroatoms. The van der Waals surface area contributed by atoms with Crippen LogP contribution in [0.1, 0.15) is 13.8 Å². The summed E-state index contributed by atoms with van der Waals surface area (Å²) in [4.78, 5) is 8.14. The average molecular weight is 459 g/mol. The first kappa shape index (κ1) is 23.5. The van der Waals surface area contributed by atoms with Gasteiger partial charge in [-0.05, 0) is 84.7 Å². The van der Waals surface area contributed by atoms with E-state index in [2.05, 4.69) is 10.2 Å². The molecule has 0 aliphatic heterocycles. The Morgan fingerprint density at radius 3 is 1.74 bits per heavy atom. The minimum absolute atomic E-state index is 0.0226. The summed E-state index contributed by atoms with van der Waals surface area (Å²) in [5, 5.41) is 18.2. The summed E-state index contributed by atoms with van der Waals surface area (Å²) in [7, 11) is 0. The fraction of sp³-hybridized carbons (Fsp3) is 0.318. The molecule has 2 atom stereocenters. The second-order valence-electron chi connectivity index (χ2n) is 7.28. The Kier molecular flexibility index (Phi) is 7.90. The van der Waals surface area contributed by atoms with Crippen molar-refractivity contribution in [2.24, 2.45) is 0 Å². The number of hydrogen-bond donors (Lipinski definition) is 1. The van der Waals surface area contributed by atoms with E-state index in [1.165, 1.54) is 0 Å². The molecule has 31 heavy (non-hydrogen) atoms. The van der Waals surface area contributed by atoms with Crippen molar-refractivity contribution >= 4 is 28.3 Å². The lowest BCUT2D eigenvalue weighted by Crippen LogP contribution is -2.35. The number of aliphatic hydroxyl groups excluding tert-OH is 1. The molecule has 2 unspecified atom stereocenters. The molecule has 1 aromatic heterocycles. The summed E-state index contributed by atoms with van der Waals surface area (Å²) < 4.78 is 23.5. The zero-order chi connectivity index (χ0) is 22.5. The molecule has 0 spiro atoms. The highest BCUT2D eigenvalue weighted by atomic mass is 32.2. The molecule has 0 bridgehead atoms. The molecule has 0 amide bonds. The molecular formula is C22H26N4O3S2. The Bertz CT molecular complexity index is 997. The first-order valence-corrected chi connectivity index (χ1v) is 12.9. The van der Waals surface area contributed by atoms with Gasteiger partial charge in [-0.15, -0.1) is 10.2 Å². The summed E-state index contributed by atoms with van der Waals surface area (Å²) in [6.45, 7) is 4.37. The monoisotopic (exact) mass is 458 g/mol. The van der Waals surface area contributed by atoms with Gasteiger partial charge < -0.3 is 19.1 Å². The van der Waals surface area contributed by atoms with Gasteiger partial charge in [0.1, 0.15) is 23.9 Å². The number of aliphatic hydroxyl groups is 1. The van der Waals surface area contributed by atoms with E-state index in [4.69, 9.17) is 4.98 Å². The van der Waals surface area contributed by atoms with E-state index in [0.717, 1.165) is 20.9 Å². The molecule has 0 saturated carbocycles. The smallest absolute Gasteiger partial charge is 0.246 e. The van der Waals surface area contributed by atoms with E-state index in [1.807, 2.05) is 55.1 Å². The first-order valence-electron chi connectivity index (χ1n) is 9.81. The van der Waals surface area contributed by atoms with Crippen molar-refractivity contribution in [3.05, 3.63) is 48.5 Å². The quantitative estimate of drug-likeness (QED) is 0.517. The molecule has 0 fully saturated rings. The Balaban J connectivity index is 2.13. The lowest BCUT2D eigenvalue weighted by Gasteiger charge is -2.26. The highest BCUT2D eigenvalue weighted by molar-refractivity contribution is 7.91.